The Balaban J connectivity index is 2.21. The molecular weight excluding hydrogens is 290 g/mol. The molecule has 1 aliphatic heterocycles. The third kappa shape index (κ3) is 4.01. The van der Waals surface area contributed by atoms with Crippen LogP contribution in [0.4, 0.5) is 0 Å². The van der Waals surface area contributed by atoms with Gasteiger partial charge in [0.15, 0.2) is 0 Å². The molecule has 0 aliphatic carbocycles. The number of hydrogen-bond donors (Lipinski definition) is 1. The number of carbonyl (C=O) groups excluding carboxylic acids is 1. The Bertz CT molecular complexity index is 614. The van der Waals surface area contributed by atoms with Crippen molar-refractivity contribution >= 4 is 28.8 Å². The summed E-state index contributed by atoms with van der Waals surface area (Å²) in [6, 6.07) is 5.27. The number of carboxylic acids is 1. The smallest absolute Gasteiger partial charge is 0.328 e. The molecule has 112 valence electrons. The highest BCUT2D eigenvalue weighted by Crippen LogP contribution is 2.16. The quantitative estimate of drug-likeness (QED) is 0.854. The summed E-state index contributed by atoms with van der Waals surface area (Å²) in [6.07, 6.45) is 2.51. The van der Waals surface area contributed by atoms with Crippen LogP contribution in [0.25, 0.3) is 6.08 Å². The summed E-state index contributed by atoms with van der Waals surface area (Å²) in [5.41, 5.74) is 2.08. The molecule has 0 radical (unpaired) electrons. The van der Waals surface area contributed by atoms with E-state index in [1.54, 1.807) is 23.1 Å². The lowest BCUT2D eigenvalue weighted by Gasteiger charge is -2.27. The minimum atomic E-state index is -1.03. The van der Waals surface area contributed by atoms with E-state index in [0.29, 0.717) is 35.7 Å². The van der Waals surface area contributed by atoms with Crippen LogP contribution in [0.3, 0.4) is 0 Å². The molecule has 0 aromatic heterocycles. The fourth-order valence-corrected chi connectivity index (χ4v) is 3.20. The van der Waals surface area contributed by atoms with Crippen molar-refractivity contribution in [1.82, 2.24) is 4.90 Å². The fraction of sp³-hybridized carbons (Fsp3) is 0.333. The van der Waals surface area contributed by atoms with Crippen LogP contribution in [0.1, 0.15) is 21.5 Å². The Kier molecular flexibility index (Phi) is 4.90. The molecule has 6 heteroatoms. The summed E-state index contributed by atoms with van der Waals surface area (Å²) < 4.78 is 11.3. The molecule has 1 aliphatic rings. The Labute approximate surface area is 125 Å². The van der Waals surface area contributed by atoms with Gasteiger partial charge in [-0.1, -0.05) is 12.1 Å². The second kappa shape index (κ2) is 6.67. The van der Waals surface area contributed by atoms with Crippen LogP contribution in [-0.2, 0) is 15.6 Å². The van der Waals surface area contributed by atoms with E-state index in [0.717, 1.165) is 11.6 Å². The molecule has 0 unspecified atom stereocenters. The van der Waals surface area contributed by atoms with Gasteiger partial charge in [0.2, 0.25) is 0 Å². The zero-order valence-electron chi connectivity index (χ0n) is 11.7. The minimum absolute atomic E-state index is 0.0882. The molecule has 1 N–H and O–H groups in total. The number of rotatable bonds is 3. The van der Waals surface area contributed by atoms with Crippen LogP contribution in [0.5, 0.6) is 0 Å². The number of amides is 1. The SMILES string of the molecule is Cc1ccc(C=CC(=O)O)cc1C(=O)N1CCS(=O)CC1. The first-order valence-electron chi connectivity index (χ1n) is 6.63. The summed E-state index contributed by atoms with van der Waals surface area (Å²) in [6.45, 7) is 2.85. The molecule has 5 nitrogen and oxygen atoms in total. The average molecular weight is 307 g/mol. The largest absolute Gasteiger partial charge is 0.478 e. The standard InChI is InChI=1S/C15H17NO4S/c1-11-2-3-12(4-5-14(17)18)10-13(11)15(19)16-6-8-21(20)9-7-16/h2-5,10H,6-9H2,1H3,(H,17,18). The summed E-state index contributed by atoms with van der Waals surface area (Å²) >= 11 is 0. The summed E-state index contributed by atoms with van der Waals surface area (Å²) in [4.78, 5) is 24.8. The van der Waals surface area contributed by atoms with Crippen LogP contribution in [-0.4, -0.2) is 50.7 Å². The highest BCUT2D eigenvalue weighted by Gasteiger charge is 2.22. The van der Waals surface area contributed by atoms with Crippen molar-refractivity contribution in [2.75, 3.05) is 24.6 Å². The highest BCUT2D eigenvalue weighted by molar-refractivity contribution is 7.85. The summed E-state index contributed by atoms with van der Waals surface area (Å²) in [7, 11) is -0.822. The van der Waals surface area contributed by atoms with Crippen molar-refractivity contribution in [3.05, 3.63) is 41.0 Å². The first kappa shape index (κ1) is 15.4. The third-order valence-electron chi connectivity index (χ3n) is 3.38. The van der Waals surface area contributed by atoms with Crippen molar-refractivity contribution < 1.29 is 18.9 Å². The van der Waals surface area contributed by atoms with Gasteiger partial charge in [-0.3, -0.25) is 9.00 Å². The second-order valence-electron chi connectivity index (χ2n) is 4.89. The molecule has 0 spiro atoms. The molecule has 0 saturated carbocycles. The molecule has 0 atom stereocenters. The Morgan fingerprint density at radius 3 is 2.57 bits per heavy atom. The minimum Gasteiger partial charge on any atom is -0.478 e. The number of benzene rings is 1. The lowest BCUT2D eigenvalue weighted by Crippen LogP contribution is -2.42. The Hall–Kier alpha value is -1.95. The van der Waals surface area contributed by atoms with E-state index in [-0.39, 0.29) is 5.91 Å². The van der Waals surface area contributed by atoms with Crippen molar-refractivity contribution in [2.24, 2.45) is 0 Å². The van der Waals surface area contributed by atoms with Gasteiger partial charge < -0.3 is 10.0 Å². The first-order chi connectivity index (χ1) is 9.97. The second-order valence-corrected chi connectivity index (χ2v) is 6.58. The van der Waals surface area contributed by atoms with Gasteiger partial charge in [0.05, 0.1) is 0 Å². The van der Waals surface area contributed by atoms with Crippen LogP contribution >= 0.6 is 0 Å². The maximum Gasteiger partial charge on any atom is 0.328 e. The van der Waals surface area contributed by atoms with E-state index in [1.807, 2.05) is 6.92 Å². The average Bonchev–Trinajstić information content (AvgIpc) is 2.46. The van der Waals surface area contributed by atoms with Crippen LogP contribution in [0, 0.1) is 6.92 Å². The monoisotopic (exact) mass is 307 g/mol. The van der Waals surface area contributed by atoms with Gasteiger partial charge in [-0.25, -0.2) is 4.79 Å². The molecule has 2 rings (SSSR count). The third-order valence-corrected chi connectivity index (χ3v) is 4.65. The van der Waals surface area contributed by atoms with Gasteiger partial charge in [0, 0.05) is 47.0 Å². The number of aryl methyl sites for hydroxylation is 1. The van der Waals surface area contributed by atoms with E-state index in [2.05, 4.69) is 0 Å². The van der Waals surface area contributed by atoms with Gasteiger partial charge >= 0.3 is 5.97 Å². The number of hydrogen-bond acceptors (Lipinski definition) is 3. The van der Waals surface area contributed by atoms with Crippen LogP contribution in [0.15, 0.2) is 24.3 Å². The molecule has 1 aromatic rings. The van der Waals surface area contributed by atoms with Gasteiger partial charge in [-0.15, -0.1) is 0 Å². The van der Waals surface area contributed by atoms with Gasteiger partial charge in [-0.05, 0) is 30.2 Å². The Morgan fingerprint density at radius 1 is 1.29 bits per heavy atom. The maximum absolute atomic E-state index is 12.5. The van der Waals surface area contributed by atoms with Gasteiger partial charge in [0.25, 0.3) is 5.91 Å². The highest BCUT2D eigenvalue weighted by atomic mass is 32.2. The first-order valence-corrected chi connectivity index (χ1v) is 8.12. The van der Waals surface area contributed by atoms with Gasteiger partial charge in [-0.2, -0.15) is 0 Å². The zero-order chi connectivity index (χ0) is 15.4. The van der Waals surface area contributed by atoms with E-state index in [1.165, 1.54) is 6.08 Å². The van der Waals surface area contributed by atoms with Crippen molar-refractivity contribution in [3.8, 4) is 0 Å². The number of aliphatic carboxylic acids is 1. The summed E-state index contributed by atoms with van der Waals surface area (Å²) in [5.74, 6) is -0.0796. The fourth-order valence-electron chi connectivity index (χ4n) is 2.15. The van der Waals surface area contributed by atoms with Crippen molar-refractivity contribution in [1.29, 1.82) is 0 Å². The normalized spacial score (nSPS) is 16.3. The lowest BCUT2D eigenvalue weighted by molar-refractivity contribution is -0.131. The molecule has 1 heterocycles. The topological polar surface area (TPSA) is 74.7 Å². The summed E-state index contributed by atoms with van der Waals surface area (Å²) in [5, 5.41) is 8.65. The molecule has 1 amide bonds. The predicted molar refractivity (Wildman–Crippen MR) is 81.6 cm³/mol. The number of carbonyl (C=O) groups is 2. The molecule has 1 aromatic carbocycles. The van der Waals surface area contributed by atoms with Crippen LogP contribution < -0.4 is 0 Å². The molecule has 1 fully saturated rings. The molecule has 0 bridgehead atoms. The van der Waals surface area contributed by atoms with Crippen molar-refractivity contribution in [2.45, 2.75) is 6.92 Å². The number of nitrogens with zero attached hydrogens (tertiary/aromatic N) is 1. The predicted octanol–water partition coefficient (Wildman–Crippen LogP) is 1.30. The number of carboxylic acid groups (broad SMARTS) is 1. The molecule has 21 heavy (non-hydrogen) atoms. The van der Waals surface area contributed by atoms with Gasteiger partial charge in [0.1, 0.15) is 0 Å². The maximum atomic E-state index is 12.5. The molecular formula is C15H17NO4S. The molecule has 1 saturated heterocycles. The zero-order valence-corrected chi connectivity index (χ0v) is 12.6. The van der Waals surface area contributed by atoms with E-state index in [4.69, 9.17) is 5.11 Å². The van der Waals surface area contributed by atoms with Crippen molar-refractivity contribution in [3.63, 3.8) is 0 Å². The van der Waals surface area contributed by atoms with E-state index in [9.17, 15) is 13.8 Å². The Morgan fingerprint density at radius 2 is 1.95 bits per heavy atom. The van der Waals surface area contributed by atoms with E-state index >= 15 is 0 Å². The van der Waals surface area contributed by atoms with E-state index < -0.39 is 16.8 Å². The lowest BCUT2D eigenvalue weighted by atomic mass is 10.0. The van der Waals surface area contributed by atoms with Crippen LogP contribution in [0.2, 0.25) is 0 Å².